The largest absolute Gasteiger partial charge is 0.482 e. The lowest BCUT2D eigenvalue weighted by molar-refractivity contribution is -0.159. The molecular formula is C22H21N3O5S. The summed E-state index contributed by atoms with van der Waals surface area (Å²) in [7, 11) is 0. The predicted molar refractivity (Wildman–Crippen MR) is 114 cm³/mol. The fraction of sp³-hybridized carbons (Fsp3) is 0.273. The van der Waals surface area contributed by atoms with Crippen LogP contribution in [0.5, 0.6) is 11.5 Å². The lowest BCUT2D eigenvalue weighted by Gasteiger charge is -2.30. The molecule has 3 aromatic rings. The van der Waals surface area contributed by atoms with Gasteiger partial charge in [-0.1, -0.05) is 42.5 Å². The van der Waals surface area contributed by atoms with Crippen molar-refractivity contribution in [1.29, 1.82) is 0 Å². The van der Waals surface area contributed by atoms with Gasteiger partial charge in [-0.15, -0.1) is 10.2 Å². The minimum Gasteiger partial charge on any atom is -0.482 e. The van der Waals surface area contributed by atoms with E-state index >= 15 is 0 Å². The van der Waals surface area contributed by atoms with Crippen molar-refractivity contribution in [2.24, 2.45) is 0 Å². The van der Waals surface area contributed by atoms with Crippen molar-refractivity contribution in [2.75, 3.05) is 5.32 Å². The maximum atomic E-state index is 12.5. The van der Waals surface area contributed by atoms with E-state index in [0.29, 0.717) is 22.2 Å². The molecule has 0 fully saturated rings. The first-order valence-corrected chi connectivity index (χ1v) is 10.7. The van der Waals surface area contributed by atoms with E-state index in [0.717, 1.165) is 17.8 Å². The third kappa shape index (κ3) is 4.83. The number of benzene rings is 2. The third-order valence-corrected chi connectivity index (χ3v) is 5.59. The summed E-state index contributed by atoms with van der Waals surface area (Å²) in [6.07, 6.45) is -0.468. The number of carbonyl (C=O) groups excluding carboxylic acids is 2. The molecule has 160 valence electrons. The fourth-order valence-corrected chi connectivity index (χ4v) is 3.65. The van der Waals surface area contributed by atoms with Gasteiger partial charge >= 0.3 is 5.97 Å². The summed E-state index contributed by atoms with van der Waals surface area (Å²) >= 11 is 1.06. The number of aromatic nitrogens is 2. The molecule has 0 saturated heterocycles. The topological polar surface area (TPSA) is 99.6 Å². The van der Waals surface area contributed by atoms with Gasteiger partial charge in [-0.05, 0) is 43.2 Å². The second kappa shape index (κ2) is 9.13. The Morgan fingerprint density at radius 2 is 1.77 bits per heavy atom. The van der Waals surface area contributed by atoms with E-state index in [9.17, 15) is 9.59 Å². The van der Waals surface area contributed by atoms with E-state index in [-0.39, 0.29) is 17.5 Å². The fourth-order valence-electron chi connectivity index (χ4n) is 3.01. The van der Waals surface area contributed by atoms with E-state index < -0.39 is 18.2 Å². The highest BCUT2D eigenvalue weighted by atomic mass is 32.1. The number of esters is 1. The van der Waals surface area contributed by atoms with Crippen molar-refractivity contribution in [2.45, 2.75) is 39.1 Å². The number of para-hydroxylation sites is 2. The number of amides is 1. The Morgan fingerprint density at radius 1 is 1.06 bits per heavy atom. The summed E-state index contributed by atoms with van der Waals surface area (Å²) in [5.41, 5.74) is 1.86. The Kier molecular flexibility index (Phi) is 6.13. The first-order valence-electron chi connectivity index (χ1n) is 9.85. The molecule has 2 heterocycles. The molecule has 8 nitrogen and oxygen atoms in total. The molecule has 1 aromatic heterocycles. The maximum Gasteiger partial charge on any atom is 0.351 e. The van der Waals surface area contributed by atoms with Gasteiger partial charge in [-0.3, -0.25) is 4.79 Å². The van der Waals surface area contributed by atoms with Crippen molar-refractivity contribution < 1.29 is 23.8 Å². The standard InChI is InChI=1S/C22H21N3O5S/c1-3-14-8-10-15(11-9-14)23-20(26)21-25-24-18(31-21)12-28-22(27)19-13(2)29-16-6-4-5-7-17(16)30-19/h4-11,13,19H,3,12H2,1-2H3,(H,23,26). The predicted octanol–water partition coefficient (Wildman–Crippen LogP) is 3.62. The summed E-state index contributed by atoms with van der Waals surface area (Å²) in [5.74, 6) is 0.139. The molecule has 0 spiro atoms. The molecule has 2 atom stereocenters. The number of nitrogens with one attached hydrogen (secondary N) is 1. The Bertz CT molecular complexity index is 1080. The van der Waals surface area contributed by atoms with Crippen LogP contribution < -0.4 is 14.8 Å². The monoisotopic (exact) mass is 439 g/mol. The van der Waals surface area contributed by atoms with E-state index in [2.05, 4.69) is 22.4 Å². The molecule has 1 aliphatic rings. The molecule has 1 N–H and O–H groups in total. The second-order valence-corrected chi connectivity index (χ2v) is 7.98. The molecule has 2 unspecified atom stereocenters. The van der Waals surface area contributed by atoms with Crippen molar-refractivity contribution in [1.82, 2.24) is 10.2 Å². The minimum absolute atomic E-state index is 0.108. The number of aryl methyl sites for hydroxylation is 1. The maximum absolute atomic E-state index is 12.5. The van der Waals surface area contributed by atoms with Gasteiger partial charge in [-0.2, -0.15) is 0 Å². The van der Waals surface area contributed by atoms with E-state index in [1.54, 1.807) is 25.1 Å². The first-order chi connectivity index (χ1) is 15.0. The molecule has 9 heteroatoms. The van der Waals surface area contributed by atoms with Crippen LogP contribution in [0, 0.1) is 0 Å². The quantitative estimate of drug-likeness (QED) is 0.586. The Hall–Kier alpha value is -3.46. The number of hydrogen-bond donors (Lipinski definition) is 1. The van der Waals surface area contributed by atoms with Crippen molar-refractivity contribution in [3.63, 3.8) is 0 Å². The highest BCUT2D eigenvalue weighted by Crippen LogP contribution is 2.33. The lowest BCUT2D eigenvalue weighted by Crippen LogP contribution is -2.44. The zero-order valence-corrected chi connectivity index (χ0v) is 17.8. The average Bonchev–Trinajstić information content (AvgIpc) is 3.27. The molecule has 1 aliphatic heterocycles. The van der Waals surface area contributed by atoms with Crippen LogP contribution in [0.2, 0.25) is 0 Å². The number of fused-ring (bicyclic) bond motifs is 1. The van der Waals surface area contributed by atoms with Gasteiger partial charge in [0.2, 0.25) is 11.1 Å². The Morgan fingerprint density at radius 3 is 2.48 bits per heavy atom. The lowest BCUT2D eigenvalue weighted by atomic mass is 10.1. The van der Waals surface area contributed by atoms with Crippen LogP contribution in [0.15, 0.2) is 48.5 Å². The number of ether oxygens (including phenoxy) is 3. The van der Waals surface area contributed by atoms with Crippen molar-refractivity contribution in [3.05, 3.63) is 64.1 Å². The van der Waals surface area contributed by atoms with Gasteiger partial charge in [0.15, 0.2) is 16.5 Å². The van der Waals surface area contributed by atoms with Crippen LogP contribution in [0.1, 0.15) is 34.2 Å². The van der Waals surface area contributed by atoms with Crippen LogP contribution >= 0.6 is 11.3 Å². The van der Waals surface area contributed by atoms with Gasteiger partial charge in [0.1, 0.15) is 12.7 Å². The molecular weight excluding hydrogens is 418 g/mol. The van der Waals surface area contributed by atoms with Crippen LogP contribution in [0.4, 0.5) is 5.69 Å². The smallest absolute Gasteiger partial charge is 0.351 e. The molecule has 0 radical (unpaired) electrons. The third-order valence-electron chi connectivity index (χ3n) is 4.69. The van der Waals surface area contributed by atoms with Gasteiger partial charge < -0.3 is 19.5 Å². The minimum atomic E-state index is -0.892. The molecule has 4 rings (SSSR count). The van der Waals surface area contributed by atoms with E-state index in [1.165, 1.54) is 5.56 Å². The number of anilines is 1. The van der Waals surface area contributed by atoms with E-state index in [1.807, 2.05) is 30.3 Å². The molecule has 31 heavy (non-hydrogen) atoms. The summed E-state index contributed by atoms with van der Waals surface area (Å²) in [6, 6.07) is 14.7. The van der Waals surface area contributed by atoms with Gasteiger partial charge in [-0.25, -0.2) is 4.79 Å². The normalized spacial score (nSPS) is 17.1. The van der Waals surface area contributed by atoms with Crippen LogP contribution in [0.3, 0.4) is 0 Å². The van der Waals surface area contributed by atoms with Crippen molar-refractivity contribution >= 4 is 28.9 Å². The number of rotatable bonds is 6. The molecule has 1 amide bonds. The molecule has 0 saturated carbocycles. The first kappa shape index (κ1) is 20.8. The zero-order chi connectivity index (χ0) is 21.8. The number of hydrogen-bond acceptors (Lipinski definition) is 8. The summed E-state index contributed by atoms with van der Waals surface area (Å²) < 4.78 is 16.8. The number of nitrogens with zero attached hydrogens (tertiary/aromatic N) is 2. The Balaban J connectivity index is 1.32. The Labute approximate surface area is 183 Å². The van der Waals surface area contributed by atoms with Crippen LogP contribution in [-0.2, 0) is 22.6 Å². The van der Waals surface area contributed by atoms with Gasteiger partial charge in [0, 0.05) is 5.69 Å². The van der Waals surface area contributed by atoms with Gasteiger partial charge in [0.25, 0.3) is 5.91 Å². The molecule has 0 bridgehead atoms. The summed E-state index contributed by atoms with van der Waals surface area (Å²) in [4.78, 5) is 24.9. The molecule has 0 aliphatic carbocycles. The zero-order valence-electron chi connectivity index (χ0n) is 17.0. The highest BCUT2D eigenvalue weighted by Gasteiger charge is 2.35. The summed E-state index contributed by atoms with van der Waals surface area (Å²) in [5, 5.41) is 11.2. The van der Waals surface area contributed by atoms with Gasteiger partial charge in [0.05, 0.1) is 0 Å². The van der Waals surface area contributed by atoms with Crippen LogP contribution in [-0.4, -0.2) is 34.3 Å². The average molecular weight is 439 g/mol. The van der Waals surface area contributed by atoms with E-state index in [4.69, 9.17) is 14.2 Å². The second-order valence-electron chi connectivity index (χ2n) is 6.92. The number of carbonyl (C=O) groups is 2. The highest BCUT2D eigenvalue weighted by molar-refractivity contribution is 7.13. The summed E-state index contributed by atoms with van der Waals surface area (Å²) in [6.45, 7) is 3.70. The van der Waals surface area contributed by atoms with Crippen LogP contribution in [0.25, 0.3) is 0 Å². The molecule has 2 aromatic carbocycles. The van der Waals surface area contributed by atoms with Crippen molar-refractivity contribution in [3.8, 4) is 11.5 Å². The SMILES string of the molecule is CCc1ccc(NC(=O)c2nnc(COC(=O)C3Oc4ccccc4OC3C)s2)cc1.